The van der Waals surface area contributed by atoms with E-state index in [-0.39, 0.29) is 17.6 Å². The van der Waals surface area contributed by atoms with Crippen molar-refractivity contribution in [1.29, 1.82) is 0 Å². The molecule has 0 saturated heterocycles. The van der Waals surface area contributed by atoms with Crippen molar-refractivity contribution in [3.05, 3.63) is 36.0 Å². The summed E-state index contributed by atoms with van der Waals surface area (Å²) < 4.78 is 0. The van der Waals surface area contributed by atoms with Crippen LogP contribution in [0.4, 0.5) is 5.69 Å². The maximum atomic E-state index is 12.2. The maximum absolute atomic E-state index is 12.2. The molecule has 2 rings (SSSR count). The second kappa shape index (κ2) is 6.58. The van der Waals surface area contributed by atoms with E-state index < -0.39 is 6.04 Å². The van der Waals surface area contributed by atoms with Gasteiger partial charge in [0.2, 0.25) is 11.8 Å². The number of hydrogen-bond acceptors (Lipinski definition) is 4. The van der Waals surface area contributed by atoms with Crippen molar-refractivity contribution in [1.82, 2.24) is 10.3 Å². The monoisotopic (exact) mass is 303 g/mol. The average Bonchev–Trinajstić information content (AvgIpc) is 2.44. The van der Waals surface area contributed by atoms with E-state index in [0.29, 0.717) is 5.69 Å². The molecule has 1 heterocycles. The van der Waals surface area contributed by atoms with E-state index in [2.05, 4.69) is 28.2 Å². The second-order valence-electron chi connectivity index (χ2n) is 4.75. The van der Waals surface area contributed by atoms with Crippen LogP contribution in [0.5, 0.6) is 0 Å². The second-order valence-corrected chi connectivity index (χ2v) is 5.12. The standard InChI is InChI=1S/C15H17N3O2S/c1-9-7-13(11-5-3-4-6-12(11)16-9)18-15(20)14(8-21)17-10(2)19/h3-7,14,21H,8H2,1-2H3,(H,17,19)(H,16,18,20). The minimum atomic E-state index is -0.668. The highest BCUT2D eigenvalue weighted by molar-refractivity contribution is 7.80. The maximum Gasteiger partial charge on any atom is 0.247 e. The Hall–Kier alpha value is -2.08. The van der Waals surface area contributed by atoms with Crippen molar-refractivity contribution >= 4 is 41.0 Å². The first-order valence-corrected chi connectivity index (χ1v) is 7.19. The highest BCUT2D eigenvalue weighted by atomic mass is 32.1. The Morgan fingerprint density at radius 1 is 1.33 bits per heavy atom. The summed E-state index contributed by atoms with van der Waals surface area (Å²) in [5.74, 6) is -0.330. The van der Waals surface area contributed by atoms with E-state index in [0.717, 1.165) is 16.6 Å². The molecule has 0 spiro atoms. The summed E-state index contributed by atoms with van der Waals surface area (Å²) in [6, 6.07) is 8.71. The molecule has 2 N–H and O–H groups in total. The number of para-hydroxylation sites is 1. The van der Waals surface area contributed by atoms with Gasteiger partial charge in [-0.1, -0.05) is 18.2 Å². The fourth-order valence-corrected chi connectivity index (χ4v) is 2.33. The van der Waals surface area contributed by atoms with Gasteiger partial charge in [-0.3, -0.25) is 14.6 Å². The molecule has 0 aliphatic carbocycles. The van der Waals surface area contributed by atoms with Crippen molar-refractivity contribution in [2.24, 2.45) is 0 Å². The van der Waals surface area contributed by atoms with Crippen LogP contribution in [0.1, 0.15) is 12.6 Å². The summed E-state index contributed by atoms with van der Waals surface area (Å²) in [4.78, 5) is 27.8. The summed E-state index contributed by atoms with van der Waals surface area (Å²) in [6.45, 7) is 3.24. The SMILES string of the molecule is CC(=O)NC(CS)C(=O)Nc1cc(C)nc2ccccc12. The van der Waals surface area contributed by atoms with E-state index in [4.69, 9.17) is 0 Å². The molecule has 1 unspecified atom stereocenters. The van der Waals surface area contributed by atoms with E-state index in [1.807, 2.05) is 37.3 Å². The number of fused-ring (bicyclic) bond motifs is 1. The highest BCUT2D eigenvalue weighted by Gasteiger charge is 2.18. The molecule has 1 atom stereocenters. The summed E-state index contributed by atoms with van der Waals surface area (Å²) in [7, 11) is 0. The van der Waals surface area contributed by atoms with E-state index in [1.165, 1.54) is 6.92 Å². The number of hydrogen-bond donors (Lipinski definition) is 3. The van der Waals surface area contributed by atoms with Crippen molar-refractivity contribution in [2.45, 2.75) is 19.9 Å². The van der Waals surface area contributed by atoms with Gasteiger partial charge < -0.3 is 10.6 Å². The Morgan fingerprint density at radius 3 is 2.71 bits per heavy atom. The largest absolute Gasteiger partial charge is 0.344 e. The lowest BCUT2D eigenvalue weighted by molar-refractivity contribution is -0.124. The molecule has 110 valence electrons. The number of thiol groups is 1. The van der Waals surface area contributed by atoms with Crippen molar-refractivity contribution in [2.75, 3.05) is 11.1 Å². The Labute approximate surface area is 128 Å². The van der Waals surface area contributed by atoms with Crippen LogP contribution in [0.3, 0.4) is 0 Å². The molecule has 0 bridgehead atoms. The van der Waals surface area contributed by atoms with Gasteiger partial charge in [0.15, 0.2) is 0 Å². The Balaban J connectivity index is 2.30. The van der Waals surface area contributed by atoms with Crippen LogP contribution in [-0.2, 0) is 9.59 Å². The Kier molecular flexibility index (Phi) is 4.80. The van der Waals surface area contributed by atoms with Crippen LogP contribution in [0, 0.1) is 6.92 Å². The van der Waals surface area contributed by atoms with Gasteiger partial charge >= 0.3 is 0 Å². The summed E-state index contributed by atoms with van der Waals surface area (Å²) in [5.41, 5.74) is 2.31. The number of aryl methyl sites for hydroxylation is 1. The Bertz CT molecular complexity index is 688. The normalized spacial score (nSPS) is 12.0. The summed E-state index contributed by atoms with van der Waals surface area (Å²) in [6.07, 6.45) is 0. The number of carbonyl (C=O) groups is 2. The number of nitrogens with one attached hydrogen (secondary N) is 2. The zero-order valence-corrected chi connectivity index (χ0v) is 12.8. The predicted molar refractivity (Wildman–Crippen MR) is 86.6 cm³/mol. The number of anilines is 1. The molecular formula is C15H17N3O2S. The number of nitrogens with zero attached hydrogens (tertiary/aromatic N) is 1. The van der Waals surface area contributed by atoms with Crippen LogP contribution >= 0.6 is 12.6 Å². The third-order valence-corrected chi connectivity index (χ3v) is 3.34. The lowest BCUT2D eigenvalue weighted by Crippen LogP contribution is -2.44. The van der Waals surface area contributed by atoms with Gasteiger partial charge in [-0.05, 0) is 19.1 Å². The van der Waals surface area contributed by atoms with Gasteiger partial charge in [-0.25, -0.2) is 0 Å². The van der Waals surface area contributed by atoms with Crippen LogP contribution in [0.25, 0.3) is 10.9 Å². The molecule has 0 radical (unpaired) electrons. The van der Waals surface area contributed by atoms with E-state index in [1.54, 1.807) is 0 Å². The van der Waals surface area contributed by atoms with Crippen molar-refractivity contribution in [3.8, 4) is 0 Å². The average molecular weight is 303 g/mol. The first-order chi connectivity index (χ1) is 10.0. The van der Waals surface area contributed by atoms with Crippen molar-refractivity contribution < 1.29 is 9.59 Å². The fraction of sp³-hybridized carbons (Fsp3) is 0.267. The van der Waals surface area contributed by atoms with Gasteiger partial charge in [0.05, 0.1) is 11.2 Å². The number of aromatic nitrogens is 1. The van der Waals surface area contributed by atoms with Gasteiger partial charge in [0, 0.05) is 23.8 Å². The van der Waals surface area contributed by atoms with Crippen LogP contribution in [0.15, 0.2) is 30.3 Å². The van der Waals surface area contributed by atoms with Crippen molar-refractivity contribution in [3.63, 3.8) is 0 Å². The molecule has 5 nitrogen and oxygen atoms in total. The van der Waals surface area contributed by atoms with Crippen LogP contribution < -0.4 is 10.6 Å². The first-order valence-electron chi connectivity index (χ1n) is 6.56. The molecular weight excluding hydrogens is 286 g/mol. The molecule has 0 saturated carbocycles. The molecule has 21 heavy (non-hydrogen) atoms. The summed E-state index contributed by atoms with van der Waals surface area (Å²) >= 11 is 4.10. The number of carbonyl (C=O) groups excluding carboxylic acids is 2. The zero-order valence-electron chi connectivity index (χ0n) is 11.9. The highest BCUT2D eigenvalue weighted by Crippen LogP contribution is 2.23. The molecule has 0 fully saturated rings. The van der Waals surface area contributed by atoms with Gasteiger partial charge in [0.1, 0.15) is 6.04 Å². The molecule has 2 amide bonds. The van der Waals surface area contributed by atoms with E-state index >= 15 is 0 Å². The molecule has 1 aromatic heterocycles. The van der Waals surface area contributed by atoms with E-state index in [9.17, 15) is 9.59 Å². The molecule has 2 aromatic rings. The number of rotatable bonds is 4. The van der Waals surface area contributed by atoms with Gasteiger partial charge in [-0.15, -0.1) is 0 Å². The van der Waals surface area contributed by atoms with Crippen LogP contribution in [0.2, 0.25) is 0 Å². The number of benzene rings is 1. The minimum Gasteiger partial charge on any atom is -0.344 e. The quantitative estimate of drug-likeness (QED) is 0.756. The molecule has 6 heteroatoms. The van der Waals surface area contributed by atoms with Gasteiger partial charge in [0.25, 0.3) is 0 Å². The summed E-state index contributed by atoms with van der Waals surface area (Å²) in [5, 5.41) is 6.27. The van der Waals surface area contributed by atoms with Gasteiger partial charge in [-0.2, -0.15) is 12.6 Å². The Morgan fingerprint density at radius 2 is 2.05 bits per heavy atom. The third-order valence-electron chi connectivity index (χ3n) is 2.98. The lowest BCUT2D eigenvalue weighted by Gasteiger charge is -2.16. The molecule has 0 aliphatic heterocycles. The minimum absolute atomic E-state index is 0.230. The zero-order chi connectivity index (χ0) is 15.4. The molecule has 0 aliphatic rings. The predicted octanol–water partition coefficient (Wildman–Crippen LogP) is 1.92. The number of pyridine rings is 1. The molecule has 1 aromatic carbocycles. The topological polar surface area (TPSA) is 71.1 Å². The number of amides is 2. The smallest absolute Gasteiger partial charge is 0.247 e. The van der Waals surface area contributed by atoms with Crippen LogP contribution in [-0.4, -0.2) is 28.6 Å². The fourth-order valence-electron chi connectivity index (χ4n) is 2.07. The lowest BCUT2D eigenvalue weighted by atomic mass is 10.1. The first kappa shape index (κ1) is 15.3. The third kappa shape index (κ3) is 3.72.